The number of likely N-dealkylation sites (tertiary alicyclic amines) is 3. The minimum Gasteiger partial charge on any atom is -0.496 e. The third-order valence-electron chi connectivity index (χ3n) is 20.2. The molecule has 3 saturated heterocycles. The Morgan fingerprint density at radius 2 is 1.10 bits per heavy atom. The minimum atomic E-state index is -0.829. The highest BCUT2D eigenvalue weighted by Crippen LogP contribution is 2.50. The number of hydrogen-bond donors (Lipinski definition) is 1. The topological polar surface area (TPSA) is 48.4 Å². The molecule has 3 aliphatic heterocycles. The number of hydrogen-bond acceptors (Lipinski definition) is 6. The van der Waals surface area contributed by atoms with Gasteiger partial charge in [0.05, 0.1) is 19.8 Å². The standard InChI is InChI=1S/C21H30ClNO2.C20H29N.C19H25F2NO.H2/c1-25-20-8-7-17(22)14-18(20)21(24)9-11-23(12-10-21)19-4-2-3-15-5-6-16(19)13-15;1-14-4-3-5-19(15(14)2)17-8-10-21(11-9-17)20-13-16-6-7-18(20)12-16;1-23-19-11-17(21)16(20)10-15(19)13-4-6-22(7-5-13)18-9-12-2-3-14(18)8-12;/h7-8,14-16,19,24H,2-6,9-13H2,1H3;3-5,16-18,20H,6-13H2,1-2H3;10-14,18H,2-9H2,1H3;1H/t;16-,18-,20-;12-,14-,18-;/m.00./s1. The van der Waals surface area contributed by atoms with Gasteiger partial charge in [0, 0.05) is 54.9 Å². The highest BCUT2D eigenvalue weighted by molar-refractivity contribution is 6.30. The molecule has 3 aromatic carbocycles. The van der Waals surface area contributed by atoms with Gasteiger partial charge in [-0.1, -0.05) is 61.9 Å². The Hall–Kier alpha value is -2.75. The van der Waals surface area contributed by atoms with Crippen LogP contribution in [0.25, 0.3) is 0 Å². The highest BCUT2D eigenvalue weighted by Gasteiger charge is 2.45. The Morgan fingerprint density at radius 1 is 0.565 bits per heavy atom. The summed E-state index contributed by atoms with van der Waals surface area (Å²) in [6.07, 6.45) is 26.5. The van der Waals surface area contributed by atoms with Crippen molar-refractivity contribution in [1.29, 1.82) is 0 Å². The van der Waals surface area contributed by atoms with Crippen LogP contribution in [0.4, 0.5) is 8.78 Å². The molecular weight excluding hydrogens is 884 g/mol. The van der Waals surface area contributed by atoms with Crippen LogP contribution in [0.2, 0.25) is 5.02 Å². The number of halogens is 3. The van der Waals surface area contributed by atoms with Gasteiger partial charge in [-0.2, -0.15) is 0 Å². The highest BCUT2D eigenvalue weighted by atomic mass is 35.5. The largest absolute Gasteiger partial charge is 0.496 e. The fourth-order valence-corrected chi connectivity index (χ4v) is 16.4. The third-order valence-corrected chi connectivity index (χ3v) is 20.4. The number of piperidine rings is 3. The lowest BCUT2D eigenvalue weighted by Crippen LogP contribution is -2.49. The molecule has 6 bridgehead atoms. The average Bonchev–Trinajstić information content (AvgIpc) is 4.24. The van der Waals surface area contributed by atoms with Crippen molar-refractivity contribution in [2.45, 2.75) is 178 Å². The Bertz CT molecular complexity index is 2210. The number of benzene rings is 3. The van der Waals surface area contributed by atoms with Crippen LogP contribution in [-0.4, -0.2) is 91.4 Å². The second kappa shape index (κ2) is 21.8. The van der Waals surface area contributed by atoms with E-state index in [1.165, 1.54) is 140 Å². The van der Waals surface area contributed by atoms with Gasteiger partial charge in [0.1, 0.15) is 11.5 Å². The molecule has 9 heteroatoms. The Kier molecular flexibility index (Phi) is 15.7. The van der Waals surface area contributed by atoms with Crippen molar-refractivity contribution < 1.29 is 24.8 Å². The lowest BCUT2D eigenvalue weighted by Gasteiger charge is -2.44. The summed E-state index contributed by atoms with van der Waals surface area (Å²) in [6, 6.07) is 17.4. The van der Waals surface area contributed by atoms with E-state index in [1.807, 2.05) is 18.2 Å². The Morgan fingerprint density at radius 3 is 1.68 bits per heavy atom. The van der Waals surface area contributed by atoms with Crippen LogP contribution < -0.4 is 9.47 Å². The number of fused-ring (bicyclic) bond motifs is 6. The van der Waals surface area contributed by atoms with Gasteiger partial charge >= 0.3 is 0 Å². The predicted molar refractivity (Wildman–Crippen MR) is 278 cm³/mol. The van der Waals surface area contributed by atoms with Crippen molar-refractivity contribution in [2.75, 3.05) is 53.5 Å². The van der Waals surface area contributed by atoms with Crippen LogP contribution in [-0.2, 0) is 5.60 Å². The van der Waals surface area contributed by atoms with Crippen molar-refractivity contribution in [3.05, 3.63) is 93.0 Å². The molecule has 0 aromatic heterocycles. The van der Waals surface area contributed by atoms with Crippen LogP contribution in [0.3, 0.4) is 0 Å². The second-order valence-corrected chi connectivity index (χ2v) is 24.2. The zero-order valence-electron chi connectivity index (χ0n) is 42.6. The van der Waals surface area contributed by atoms with Gasteiger partial charge in [0.25, 0.3) is 0 Å². The molecule has 69 heavy (non-hydrogen) atoms. The van der Waals surface area contributed by atoms with Crippen LogP contribution in [0.1, 0.15) is 169 Å². The van der Waals surface area contributed by atoms with E-state index in [1.54, 1.807) is 19.1 Å². The van der Waals surface area contributed by atoms with E-state index in [2.05, 4.69) is 46.7 Å². The summed E-state index contributed by atoms with van der Waals surface area (Å²) in [5, 5.41) is 12.0. The smallest absolute Gasteiger partial charge is 0.162 e. The molecule has 3 aromatic rings. The minimum absolute atomic E-state index is 0. The van der Waals surface area contributed by atoms with Crippen LogP contribution in [0.15, 0.2) is 48.5 Å². The van der Waals surface area contributed by atoms with E-state index in [9.17, 15) is 13.9 Å². The van der Waals surface area contributed by atoms with Gasteiger partial charge < -0.3 is 24.4 Å². The van der Waals surface area contributed by atoms with Crippen LogP contribution in [0.5, 0.6) is 11.5 Å². The number of ether oxygens (including phenoxy) is 2. The van der Waals surface area contributed by atoms with E-state index >= 15 is 0 Å². The second-order valence-electron chi connectivity index (χ2n) is 23.8. The molecule has 380 valence electrons. The van der Waals surface area contributed by atoms with Gasteiger partial charge in [-0.25, -0.2) is 8.78 Å². The molecule has 12 rings (SSSR count). The molecule has 9 aliphatic rings. The van der Waals surface area contributed by atoms with Crippen molar-refractivity contribution in [1.82, 2.24) is 14.7 Å². The number of aliphatic hydroxyl groups is 1. The molecule has 9 atom stereocenters. The average molecular weight is 971 g/mol. The number of aryl methyl sites for hydroxylation is 1. The van der Waals surface area contributed by atoms with E-state index < -0.39 is 17.2 Å². The van der Waals surface area contributed by atoms with Gasteiger partial charge in [-0.3, -0.25) is 4.90 Å². The number of rotatable bonds is 8. The fourth-order valence-electron chi connectivity index (χ4n) is 16.3. The van der Waals surface area contributed by atoms with Gasteiger partial charge in [0.15, 0.2) is 11.6 Å². The monoisotopic (exact) mass is 970 g/mol. The maximum atomic E-state index is 13.6. The maximum absolute atomic E-state index is 13.6. The van der Waals surface area contributed by atoms with Crippen molar-refractivity contribution in [2.24, 2.45) is 35.5 Å². The molecule has 0 spiro atoms. The predicted octanol–water partition coefficient (Wildman–Crippen LogP) is 13.9. The molecule has 6 nitrogen and oxygen atoms in total. The Balaban J connectivity index is 0.000000130. The lowest BCUT2D eigenvalue weighted by molar-refractivity contribution is -0.0439. The van der Waals surface area contributed by atoms with Gasteiger partial charge in [0.2, 0.25) is 0 Å². The summed E-state index contributed by atoms with van der Waals surface area (Å²) in [4.78, 5) is 8.18. The van der Waals surface area contributed by atoms with E-state index in [4.69, 9.17) is 21.1 Å². The number of nitrogens with zero attached hydrogens (tertiary/aromatic N) is 3. The van der Waals surface area contributed by atoms with Crippen molar-refractivity contribution in [3.8, 4) is 11.5 Å². The number of methoxy groups -OCH3 is 2. The quantitative estimate of drug-likeness (QED) is 0.243. The zero-order valence-corrected chi connectivity index (χ0v) is 43.3. The van der Waals surface area contributed by atoms with E-state index in [0.29, 0.717) is 10.8 Å². The first-order valence-corrected chi connectivity index (χ1v) is 28.2. The van der Waals surface area contributed by atoms with Crippen molar-refractivity contribution in [3.63, 3.8) is 0 Å². The SMILES string of the molecule is COc1cc(F)c(F)cc1C1CCN([C@H]2C[C@H]3CC[C@H]2C3)CC1.COc1ccc(Cl)cc1C1(O)CCN(C2CCCC3CCC2C3)CC1.Cc1cccc(C2CCN([C@H]3C[C@H]4CC[C@H]3C4)CC2)c1C.[HH]. The first-order valence-electron chi connectivity index (χ1n) is 27.8. The molecule has 0 radical (unpaired) electrons. The molecule has 3 unspecified atom stereocenters. The fraction of sp³-hybridized carbons (Fsp3) is 0.700. The summed E-state index contributed by atoms with van der Waals surface area (Å²) in [5.74, 6) is 6.60. The lowest BCUT2D eigenvalue weighted by atomic mass is 9.82. The Labute approximate surface area is 420 Å². The molecule has 6 aliphatic carbocycles. The molecule has 9 fully saturated rings. The van der Waals surface area contributed by atoms with Crippen LogP contribution >= 0.6 is 11.6 Å². The van der Waals surface area contributed by atoms with Crippen molar-refractivity contribution >= 4 is 11.6 Å². The normalized spacial score (nSPS) is 32.6. The molecule has 0 amide bonds. The summed E-state index contributed by atoms with van der Waals surface area (Å²) >= 11 is 6.19. The van der Waals surface area contributed by atoms with Gasteiger partial charge in [-0.05, 0) is 225 Å². The third kappa shape index (κ3) is 10.8. The van der Waals surface area contributed by atoms with Gasteiger partial charge in [-0.15, -0.1) is 0 Å². The summed E-state index contributed by atoms with van der Waals surface area (Å²) in [5.41, 5.74) is 5.49. The molecule has 6 saturated carbocycles. The summed E-state index contributed by atoms with van der Waals surface area (Å²) in [6.45, 7) is 11.3. The zero-order chi connectivity index (χ0) is 47.8. The van der Waals surface area contributed by atoms with Crippen LogP contribution in [0, 0.1) is 61.0 Å². The maximum Gasteiger partial charge on any atom is 0.162 e. The summed E-state index contributed by atoms with van der Waals surface area (Å²) in [7, 11) is 3.19. The summed E-state index contributed by atoms with van der Waals surface area (Å²) < 4.78 is 37.8. The first-order chi connectivity index (χ1) is 33.5. The molecule has 1 N–H and O–H groups in total. The molecular formula is C60H86ClF2N3O3. The van der Waals surface area contributed by atoms with E-state index in [0.717, 1.165) is 128 Å². The van der Waals surface area contributed by atoms with E-state index in [-0.39, 0.29) is 7.34 Å². The molecule has 3 heterocycles. The first kappa shape index (κ1) is 49.8.